The van der Waals surface area contributed by atoms with E-state index in [1.165, 1.54) is 18.3 Å². The summed E-state index contributed by atoms with van der Waals surface area (Å²) in [6.45, 7) is -0.0640. The number of amides is 1. The van der Waals surface area contributed by atoms with Gasteiger partial charge in [0, 0.05) is 29.6 Å². The van der Waals surface area contributed by atoms with Crippen molar-refractivity contribution in [2.75, 3.05) is 11.9 Å². The average Bonchev–Trinajstić information content (AvgIpc) is 2.45. The molecular weight excluding hydrogens is 258 g/mol. The highest BCUT2D eigenvalue weighted by atomic mass is 16.5. The smallest absolute Gasteiger partial charge is 0.255 e. The second-order valence-electron chi connectivity index (χ2n) is 3.87. The number of nitriles is 1. The number of hydrogen-bond donors (Lipinski definition) is 2. The van der Waals surface area contributed by atoms with Crippen molar-refractivity contribution in [3.05, 3.63) is 58.5 Å². The number of rotatable bonds is 4. The van der Waals surface area contributed by atoms with Crippen LogP contribution in [0, 0.1) is 11.3 Å². The first-order valence-electron chi connectivity index (χ1n) is 5.79. The molecule has 0 radical (unpaired) electrons. The molecule has 6 nitrogen and oxygen atoms in total. The molecule has 0 aliphatic rings. The van der Waals surface area contributed by atoms with Crippen LogP contribution >= 0.6 is 0 Å². The molecule has 20 heavy (non-hydrogen) atoms. The van der Waals surface area contributed by atoms with E-state index in [1.807, 2.05) is 6.07 Å². The maximum absolute atomic E-state index is 11.9. The second kappa shape index (κ2) is 6.20. The lowest BCUT2D eigenvalue weighted by molar-refractivity contribution is 0.102. The summed E-state index contributed by atoms with van der Waals surface area (Å²) < 4.78 is 5.13. The fraction of sp³-hybridized carbons (Fsp3) is 0.0714. The lowest BCUT2D eigenvalue weighted by Crippen LogP contribution is -2.15. The lowest BCUT2D eigenvalue weighted by atomic mass is 10.2. The molecule has 1 heterocycles. The first-order chi connectivity index (χ1) is 9.69. The third-order valence-corrected chi connectivity index (χ3v) is 2.43. The van der Waals surface area contributed by atoms with Crippen LogP contribution in [0.15, 0.2) is 47.4 Å². The summed E-state index contributed by atoms with van der Waals surface area (Å²) in [5, 5.41) is 11.1. The second-order valence-corrected chi connectivity index (χ2v) is 3.87. The van der Waals surface area contributed by atoms with Gasteiger partial charge in [-0.1, -0.05) is 6.07 Å². The maximum atomic E-state index is 11.9. The minimum absolute atomic E-state index is 0.0640. The molecule has 0 fully saturated rings. The molecule has 1 amide bonds. The molecule has 0 aliphatic carbocycles. The number of carbonyl (C=O) groups is 1. The third kappa shape index (κ3) is 3.46. The van der Waals surface area contributed by atoms with E-state index < -0.39 is 5.91 Å². The summed E-state index contributed by atoms with van der Waals surface area (Å²) >= 11 is 0. The van der Waals surface area contributed by atoms with E-state index in [4.69, 9.17) is 10.00 Å². The molecule has 1 aromatic heterocycles. The Labute approximate surface area is 114 Å². The van der Waals surface area contributed by atoms with Crippen molar-refractivity contribution < 1.29 is 9.53 Å². The summed E-state index contributed by atoms with van der Waals surface area (Å²) in [7, 11) is 0. The Morgan fingerprint density at radius 3 is 2.95 bits per heavy atom. The van der Waals surface area contributed by atoms with Gasteiger partial charge in [-0.3, -0.25) is 9.59 Å². The van der Waals surface area contributed by atoms with Crippen LogP contribution < -0.4 is 15.6 Å². The van der Waals surface area contributed by atoms with Crippen LogP contribution in [0.5, 0.6) is 5.75 Å². The van der Waals surface area contributed by atoms with Crippen molar-refractivity contribution in [1.82, 2.24) is 4.98 Å². The van der Waals surface area contributed by atoms with E-state index in [0.29, 0.717) is 11.4 Å². The first kappa shape index (κ1) is 13.4. The van der Waals surface area contributed by atoms with Gasteiger partial charge in [-0.15, -0.1) is 0 Å². The van der Waals surface area contributed by atoms with Gasteiger partial charge in [0.15, 0.2) is 6.61 Å². The molecule has 0 saturated heterocycles. The Hall–Kier alpha value is -3.07. The van der Waals surface area contributed by atoms with Crippen LogP contribution in [0.25, 0.3) is 0 Å². The quantitative estimate of drug-likeness (QED) is 0.879. The van der Waals surface area contributed by atoms with Crippen LogP contribution in [0.4, 0.5) is 5.69 Å². The Balaban J connectivity index is 2.12. The maximum Gasteiger partial charge on any atom is 0.255 e. The fourth-order valence-electron chi connectivity index (χ4n) is 1.57. The third-order valence-electron chi connectivity index (χ3n) is 2.43. The standard InChI is InChI=1S/C14H11N3O3/c15-5-7-20-12-3-1-2-11(9-12)17-14(19)10-4-6-16-13(18)8-10/h1-4,6,8-9H,7H2,(H,16,18)(H,17,19). The summed E-state index contributed by atoms with van der Waals surface area (Å²) in [6, 6.07) is 11.2. The molecule has 2 rings (SSSR count). The van der Waals surface area contributed by atoms with E-state index in [1.54, 1.807) is 24.3 Å². The van der Waals surface area contributed by atoms with E-state index >= 15 is 0 Å². The van der Waals surface area contributed by atoms with E-state index in [2.05, 4.69) is 10.3 Å². The number of benzene rings is 1. The number of ether oxygens (including phenoxy) is 1. The number of hydrogen-bond acceptors (Lipinski definition) is 4. The van der Waals surface area contributed by atoms with Gasteiger partial charge in [-0.2, -0.15) is 5.26 Å². The van der Waals surface area contributed by atoms with Gasteiger partial charge in [0.25, 0.3) is 5.91 Å². The zero-order valence-corrected chi connectivity index (χ0v) is 10.4. The fourth-order valence-corrected chi connectivity index (χ4v) is 1.57. The zero-order valence-electron chi connectivity index (χ0n) is 10.4. The SMILES string of the molecule is N#CCOc1cccc(NC(=O)c2cc[nH]c(=O)c2)c1. The summed E-state index contributed by atoms with van der Waals surface area (Å²) in [6.07, 6.45) is 1.41. The van der Waals surface area contributed by atoms with Crippen LogP contribution in [0.2, 0.25) is 0 Å². The van der Waals surface area contributed by atoms with Crippen molar-refractivity contribution in [1.29, 1.82) is 5.26 Å². The highest BCUT2D eigenvalue weighted by molar-refractivity contribution is 6.04. The molecule has 0 bridgehead atoms. The number of nitrogens with one attached hydrogen (secondary N) is 2. The van der Waals surface area contributed by atoms with Gasteiger partial charge in [-0.05, 0) is 18.2 Å². The van der Waals surface area contributed by atoms with Crippen molar-refractivity contribution in [3.8, 4) is 11.8 Å². The van der Waals surface area contributed by atoms with Gasteiger partial charge in [0.1, 0.15) is 11.8 Å². The summed E-state index contributed by atoms with van der Waals surface area (Å²) in [4.78, 5) is 25.5. The number of aromatic amines is 1. The topological polar surface area (TPSA) is 95.0 Å². The first-order valence-corrected chi connectivity index (χ1v) is 5.79. The van der Waals surface area contributed by atoms with Crippen molar-refractivity contribution >= 4 is 11.6 Å². The number of aromatic nitrogens is 1. The predicted molar refractivity (Wildman–Crippen MR) is 72.6 cm³/mol. The molecule has 0 unspecified atom stereocenters. The van der Waals surface area contributed by atoms with E-state index in [9.17, 15) is 9.59 Å². The van der Waals surface area contributed by atoms with Crippen molar-refractivity contribution in [3.63, 3.8) is 0 Å². The van der Waals surface area contributed by atoms with Gasteiger partial charge in [0.2, 0.25) is 5.56 Å². The van der Waals surface area contributed by atoms with Crippen molar-refractivity contribution in [2.45, 2.75) is 0 Å². The van der Waals surface area contributed by atoms with Gasteiger partial charge >= 0.3 is 0 Å². The summed E-state index contributed by atoms with van der Waals surface area (Å²) in [5.74, 6) is 0.0868. The van der Waals surface area contributed by atoms with Gasteiger partial charge in [0.05, 0.1) is 0 Å². The molecule has 2 N–H and O–H groups in total. The molecule has 6 heteroatoms. The Morgan fingerprint density at radius 1 is 1.35 bits per heavy atom. The van der Waals surface area contributed by atoms with Crippen LogP contribution in [0.3, 0.4) is 0 Å². The van der Waals surface area contributed by atoms with Gasteiger partial charge in [-0.25, -0.2) is 0 Å². The minimum atomic E-state index is -0.395. The number of carbonyl (C=O) groups excluding carboxylic acids is 1. The number of anilines is 1. The molecule has 0 spiro atoms. The predicted octanol–water partition coefficient (Wildman–Crippen LogP) is 1.53. The van der Waals surface area contributed by atoms with Crippen LogP contribution in [-0.4, -0.2) is 17.5 Å². The highest BCUT2D eigenvalue weighted by Gasteiger charge is 2.07. The van der Waals surface area contributed by atoms with Crippen LogP contribution in [-0.2, 0) is 0 Å². The largest absolute Gasteiger partial charge is 0.479 e. The molecule has 2 aromatic rings. The molecular formula is C14H11N3O3. The Kier molecular flexibility index (Phi) is 4.14. The van der Waals surface area contributed by atoms with E-state index in [0.717, 1.165) is 0 Å². The van der Waals surface area contributed by atoms with Crippen molar-refractivity contribution in [2.24, 2.45) is 0 Å². The van der Waals surface area contributed by atoms with Gasteiger partial charge < -0.3 is 15.0 Å². The van der Waals surface area contributed by atoms with Crippen LogP contribution in [0.1, 0.15) is 10.4 Å². The number of nitrogens with zero attached hydrogens (tertiary/aromatic N) is 1. The monoisotopic (exact) mass is 269 g/mol. The highest BCUT2D eigenvalue weighted by Crippen LogP contribution is 2.17. The average molecular weight is 269 g/mol. The zero-order chi connectivity index (χ0) is 14.4. The molecule has 1 aromatic carbocycles. The normalized spacial score (nSPS) is 9.55. The Bertz CT molecular complexity index is 716. The molecule has 100 valence electrons. The molecule has 0 aliphatic heterocycles. The number of H-pyrrole nitrogens is 1. The Morgan fingerprint density at radius 2 is 2.20 bits per heavy atom. The summed E-state index contributed by atoms with van der Waals surface area (Å²) in [5.41, 5.74) is 0.437. The minimum Gasteiger partial charge on any atom is -0.479 e. The molecule has 0 atom stereocenters. The lowest BCUT2D eigenvalue weighted by Gasteiger charge is -2.07. The number of pyridine rings is 1. The van der Waals surface area contributed by atoms with E-state index in [-0.39, 0.29) is 17.7 Å². The molecule has 0 saturated carbocycles.